The van der Waals surface area contributed by atoms with Crippen LogP contribution in [0.3, 0.4) is 0 Å². The second-order valence-corrected chi connectivity index (χ2v) is 5.20. The number of urea groups is 1. The van der Waals surface area contributed by atoms with Crippen LogP contribution in [-0.2, 0) is 4.79 Å². The number of carbonyl (C=O) groups excluding carboxylic acids is 1. The second kappa shape index (κ2) is 7.24. The first kappa shape index (κ1) is 14.8. The van der Waals surface area contributed by atoms with Crippen LogP contribution in [0.2, 0.25) is 0 Å². The van der Waals surface area contributed by atoms with E-state index >= 15 is 0 Å². The molecule has 0 aromatic carbocycles. The normalized spacial score (nSPS) is 17.4. The molecule has 0 saturated heterocycles. The Morgan fingerprint density at radius 3 is 2.56 bits per heavy atom. The Morgan fingerprint density at radius 2 is 2.00 bits per heavy atom. The molecule has 0 aromatic heterocycles. The van der Waals surface area contributed by atoms with Crippen molar-refractivity contribution in [3.8, 4) is 0 Å². The third-order valence-corrected chi connectivity index (χ3v) is 3.69. The van der Waals surface area contributed by atoms with Gasteiger partial charge in [-0.3, -0.25) is 4.79 Å². The number of nitrogens with zero attached hydrogens (tertiary/aromatic N) is 1. The molecular formula is C13H24N2O3. The van der Waals surface area contributed by atoms with Crippen molar-refractivity contribution in [1.29, 1.82) is 0 Å². The van der Waals surface area contributed by atoms with Crippen molar-refractivity contribution in [1.82, 2.24) is 10.2 Å². The van der Waals surface area contributed by atoms with Crippen molar-refractivity contribution in [3.63, 3.8) is 0 Å². The standard InChI is InChI=1S/C13H24N2O3/c1-10(11-6-3-4-7-11)14-13(18)15(2)9-5-8-12(16)17/h10-11H,3-9H2,1-2H3,(H,14,18)(H,16,17). The van der Waals surface area contributed by atoms with Crippen LogP contribution < -0.4 is 5.32 Å². The number of nitrogens with one attached hydrogen (secondary N) is 1. The lowest BCUT2D eigenvalue weighted by molar-refractivity contribution is -0.137. The lowest BCUT2D eigenvalue weighted by Gasteiger charge is -2.24. The van der Waals surface area contributed by atoms with E-state index in [0.717, 1.165) is 0 Å². The predicted octanol–water partition coefficient (Wildman–Crippen LogP) is 2.07. The van der Waals surface area contributed by atoms with Gasteiger partial charge in [0.05, 0.1) is 0 Å². The molecule has 1 rings (SSSR count). The maximum atomic E-state index is 11.9. The topological polar surface area (TPSA) is 69.6 Å². The Kier molecular flexibility index (Phi) is 5.95. The molecule has 0 aliphatic heterocycles. The maximum absolute atomic E-state index is 11.9. The van der Waals surface area contributed by atoms with E-state index in [-0.39, 0.29) is 18.5 Å². The highest BCUT2D eigenvalue weighted by molar-refractivity contribution is 5.74. The number of carbonyl (C=O) groups is 2. The summed E-state index contributed by atoms with van der Waals surface area (Å²) in [5, 5.41) is 11.5. The predicted molar refractivity (Wildman–Crippen MR) is 69.5 cm³/mol. The summed E-state index contributed by atoms with van der Waals surface area (Å²) in [6.45, 7) is 2.54. The maximum Gasteiger partial charge on any atom is 0.317 e. The van der Waals surface area contributed by atoms with Crippen molar-refractivity contribution in [2.75, 3.05) is 13.6 Å². The molecule has 18 heavy (non-hydrogen) atoms. The Morgan fingerprint density at radius 1 is 1.39 bits per heavy atom. The van der Waals surface area contributed by atoms with E-state index < -0.39 is 5.97 Å². The Hall–Kier alpha value is -1.26. The van der Waals surface area contributed by atoms with Crippen LogP contribution in [0.4, 0.5) is 4.79 Å². The molecule has 0 radical (unpaired) electrons. The van der Waals surface area contributed by atoms with Gasteiger partial charge in [-0.05, 0) is 32.1 Å². The van der Waals surface area contributed by atoms with Gasteiger partial charge in [0.15, 0.2) is 0 Å². The number of carboxylic acid groups (broad SMARTS) is 1. The van der Waals surface area contributed by atoms with Crippen LogP contribution in [0.1, 0.15) is 45.4 Å². The van der Waals surface area contributed by atoms with Gasteiger partial charge in [0.1, 0.15) is 0 Å². The van der Waals surface area contributed by atoms with Crippen LogP contribution in [0, 0.1) is 5.92 Å². The van der Waals surface area contributed by atoms with E-state index in [1.54, 1.807) is 11.9 Å². The van der Waals surface area contributed by atoms with Crippen molar-refractivity contribution < 1.29 is 14.7 Å². The number of amides is 2. The number of carboxylic acids is 1. The molecule has 104 valence electrons. The SMILES string of the molecule is CC(NC(=O)N(C)CCCC(=O)O)C1CCCC1. The van der Waals surface area contributed by atoms with Crippen LogP contribution in [0.15, 0.2) is 0 Å². The van der Waals surface area contributed by atoms with Crippen molar-refractivity contribution in [2.24, 2.45) is 5.92 Å². The molecular weight excluding hydrogens is 232 g/mol. The molecule has 0 spiro atoms. The second-order valence-electron chi connectivity index (χ2n) is 5.20. The van der Waals surface area contributed by atoms with E-state index in [4.69, 9.17) is 5.11 Å². The quantitative estimate of drug-likeness (QED) is 0.764. The van der Waals surface area contributed by atoms with Crippen LogP contribution in [0.25, 0.3) is 0 Å². The Balaban J connectivity index is 2.23. The van der Waals surface area contributed by atoms with E-state index in [9.17, 15) is 9.59 Å². The average molecular weight is 256 g/mol. The summed E-state index contributed by atoms with van der Waals surface area (Å²) >= 11 is 0. The Bertz CT molecular complexity index is 288. The third kappa shape index (κ3) is 4.94. The van der Waals surface area contributed by atoms with E-state index in [1.807, 2.05) is 0 Å². The molecule has 1 saturated carbocycles. The summed E-state index contributed by atoms with van der Waals surface area (Å²) in [5.74, 6) is -0.218. The molecule has 2 N–H and O–H groups in total. The summed E-state index contributed by atoms with van der Waals surface area (Å²) in [6, 6.07) is 0.113. The summed E-state index contributed by atoms with van der Waals surface area (Å²) in [6.07, 6.45) is 5.53. The van der Waals surface area contributed by atoms with Crippen LogP contribution in [0.5, 0.6) is 0 Å². The zero-order valence-electron chi connectivity index (χ0n) is 11.3. The van der Waals surface area contributed by atoms with Gasteiger partial charge in [-0.25, -0.2) is 4.79 Å². The monoisotopic (exact) mass is 256 g/mol. The van der Waals surface area contributed by atoms with E-state index in [2.05, 4.69) is 12.2 Å². The van der Waals surface area contributed by atoms with Crippen LogP contribution in [-0.4, -0.2) is 41.6 Å². The smallest absolute Gasteiger partial charge is 0.317 e. The summed E-state index contributed by atoms with van der Waals surface area (Å²) in [5.41, 5.74) is 0. The fraction of sp³-hybridized carbons (Fsp3) is 0.846. The highest BCUT2D eigenvalue weighted by Crippen LogP contribution is 2.27. The highest BCUT2D eigenvalue weighted by Gasteiger charge is 2.23. The molecule has 5 nitrogen and oxygen atoms in total. The first-order chi connectivity index (χ1) is 8.50. The minimum Gasteiger partial charge on any atom is -0.481 e. The fourth-order valence-corrected chi connectivity index (χ4v) is 2.45. The number of hydrogen-bond donors (Lipinski definition) is 2. The van der Waals surface area contributed by atoms with Gasteiger partial charge >= 0.3 is 12.0 Å². The third-order valence-electron chi connectivity index (χ3n) is 3.69. The molecule has 0 heterocycles. The molecule has 5 heteroatoms. The zero-order valence-corrected chi connectivity index (χ0v) is 11.3. The summed E-state index contributed by atoms with van der Waals surface area (Å²) in [7, 11) is 1.71. The van der Waals surface area contributed by atoms with Gasteiger partial charge in [0, 0.05) is 26.1 Å². The molecule has 2 amide bonds. The number of rotatable bonds is 6. The van der Waals surface area contributed by atoms with E-state index in [1.165, 1.54) is 25.7 Å². The minimum absolute atomic E-state index is 0.0974. The molecule has 1 aliphatic carbocycles. The molecule has 1 fully saturated rings. The Labute approximate surface area is 109 Å². The van der Waals surface area contributed by atoms with Gasteiger partial charge in [-0.1, -0.05) is 12.8 Å². The van der Waals surface area contributed by atoms with E-state index in [0.29, 0.717) is 18.9 Å². The molecule has 1 unspecified atom stereocenters. The van der Waals surface area contributed by atoms with Crippen molar-refractivity contribution >= 4 is 12.0 Å². The molecule has 0 bridgehead atoms. The summed E-state index contributed by atoms with van der Waals surface area (Å²) in [4.78, 5) is 23.8. The molecule has 0 aromatic rings. The number of hydrogen-bond acceptors (Lipinski definition) is 2. The first-order valence-electron chi connectivity index (χ1n) is 6.74. The minimum atomic E-state index is -0.817. The zero-order chi connectivity index (χ0) is 13.5. The van der Waals surface area contributed by atoms with Crippen molar-refractivity contribution in [2.45, 2.75) is 51.5 Å². The van der Waals surface area contributed by atoms with Gasteiger partial charge in [0.2, 0.25) is 0 Å². The van der Waals surface area contributed by atoms with Gasteiger partial charge in [-0.2, -0.15) is 0 Å². The largest absolute Gasteiger partial charge is 0.481 e. The first-order valence-corrected chi connectivity index (χ1v) is 6.74. The molecule has 1 aliphatic rings. The van der Waals surface area contributed by atoms with Crippen LogP contribution >= 0.6 is 0 Å². The lowest BCUT2D eigenvalue weighted by atomic mass is 10.0. The fourth-order valence-electron chi connectivity index (χ4n) is 2.45. The van der Waals surface area contributed by atoms with Gasteiger partial charge < -0.3 is 15.3 Å². The number of aliphatic carboxylic acids is 1. The lowest BCUT2D eigenvalue weighted by Crippen LogP contribution is -2.44. The average Bonchev–Trinajstić information content (AvgIpc) is 2.81. The molecule has 1 atom stereocenters. The van der Waals surface area contributed by atoms with Crippen molar-refractivity contribution in [3.05, 3.63) is 0 Å². The highest BCUT2D eigenvalue weighted by atomic mass is 16.4. The van der Waals surface area contributed by atoms with Gasteiger partial charge in [-0.15, -0.1) is 0 Å². The van der Waals surface area contributed by atoms with Gasteiger partial charge in [0.25, 0.3) is 0 Å². The summed E-state index contributed by atoms with van der Waals surface area (Å²) < 4.78 is 0.